The van der Waals surface area contributed by atoms with Gasteiger partial charge in [-0.1, -0.05) is 69.3 Å². The van der Waals surface area contributed by atoms with Gasteiger partial charge in [0, 0.05) is 22.6 Å². The Hall–Kier alpha value is -3.21. The van der Waals surface area contributed by atoms with Gasteiger partial charge in [0.15, 0.2) is 5.78 Å². The molecule has 1 aliphatic rings. The number of hydrogen-bond donors (Lipinski definition) is 1. The Labute approximate surface area is 171 Å². The Kier molecular flexibility index (Phi) is 5.97. The van der Waals surface area contributed by atoms with Crippen molar-refractivity contribution < 1.29 is 14.3 Å². The molecule has 0 saturated carbocycles. The van der Waals surface area contributed by atoms with Crippen LogP contribution < -0.4 is 5.43 Å². The van der Waals surface area contributed by atoms with Crippen LogP contribution in [0.4, 0.5) is 0 Å². The number of fused-ring (bicyclic) bond motifs is 3. The van der Waals surface area contributed by atoms with Gasteiger partial charge in [0.1, 0.15) is 5.70 Å². The Morgan fingerprint density at radius 2 is 1.45 bits per heavy atom. The van der Waals surface area contributed by atoms with Crippen LogP contribution in [0.15, 0.2) is 65.4 Å². The number of ketones is 1. The van der Waals surface area contributed by atoms with Crippen LogP contribution in [0, 0.1) is 5.41 Å². The van der Waals surface area contributed by atoms with E-state index in [0.717, 1.165) is 28.0 Å². The molecular weight excluding hydrogens is 364 g/mol. The topological polar surface area (TPSA) is 67.8 Å². The van der Waals surface area contributed by atoms with Crippen molar-refractivity contribution in [1.82, 2.24) is 5.43 Å². The molecular formula is C24H26N2O3. The molecule has 0 heterocycles. The summed E-state index contributed by atoms with van der Waals surface area (Å²) in [6.07, 6.45) is 2.68. The Bertz CT molecular complexity index is 953. The van der Waals surface area contributed by atoms with E-state index < -0.39 is 11.4 Å². The molecule has 5 nitrogen and oxygen atoms in total. The van der Waals surface area contributed by atoms with Crippen LogP contribution in [0.5, 0.6) is 0 Å². The fourth-order valence-corrected chi connectivity index (χ4v) is 3.38. The third kappa shape index (κ3) is 3.86. The molecule has 1 aliphatic carbocycles. The maximum atomic E-state index is 12.8. The minimum absolute atomic E-state index is 0.0278. The number of esters is 1. The minimum atomic E-state index is -0.628. The van der Waals surface area contributed by atoms with Crippen LogP contribution >= 0.6 is 0 Å². The lowest BCUT2D eigenvalue weighted by Crippen LogP contribution is -2.28. The maximum Gasteiger partial charge on any atom is 0.356 e. The number of allylic oxidation sites excluding steroid dienone is 1. The summed E-state index contributed by atoms with van der Waals surface area (Å²) in [7, 11) is 1.29. The number of hydrazone groups is 1. The lowest BCUT2D eigenvalue weighted by atomic mass is 9.80. The van der Waals surface area contributed by atoms with Crippen LogP contribution in [0.25, 0.3) is 11.1 Å². The fraction of sp³-hybridized carbons (Fsp3) is 0.292. The van der Waals surface area contributed by atoms with Crippen molar-refractivity contribution in [1.29, 1.82) is 0 Å². The van der Waals surface area contributed by atoms with Crippen molar-refractivity contribution in [3.63, 3.8) is 0 Å². The largest absolute Gasteiger partial charge is 0.464 e. The van der Waals surface area contributed by atoms with Gasteiger partial charge in [-0.2, -0.15) is 5.10 Å². The molecule has 0 aliphatic heterocycles. The smallest absolute Gasteiger partial charge is 0.356 e. The van der Waals surface area contributed by atoms with Crippen LogP contribution in [0.3, 0.4) is 0 Å². The highest BCUT2D eigenvalue weighted by Gasteiger charge is 2.29. The number of methoxy groups -OCH3 is 1. The molecule has 0 unspecified atom stereocenters. The second kappa shape index (κ2) is 8.43. The molecule has 1 N–H and O–H groups in total. The predicted molar refractivity (Wildman–Crippen MR) is 114 cm³/mol. The van der Waals surface area contributed by atoms with Gasteiger partial charge in [-0.05, 0) is 24.0 Å². The van der Waals surface area contributed by atoms with E-state index in [1.807, 2.05) is 69.3 Å². The molecule has 0 saturated heterocycles. The molecule has 5 heteroatoms. The summed E-state index contributed by atoms with van der Waals surface area (Å²) >= 11 is 0. The van der Waals surface area contributed by atoms with Gasteiger partial charge in [-0.25, -0.2) is 4.79 Å². The number of carbonyl (C=O) groups excluding carboxylic acids is 2. The van der Waals surface area contributed by atoms with Crippen LogP contribution in [0.2, 0.25) is 0 Å². The Balaban J connectivity index is 2.00. The van der Waals surface area contributed by atoms with Crippen LogP contribution in [0.1, 0.15) is 44.7 Å². The van der Waals surface area contributed by atoms with Crippen molar-refractivity contribution >= 4 is 17.5 Å². The molecule has 0 atom stereocenters. The van der Waals surface area contributed by atoms with Gasteiger partial charge in [0.05, 0.1) is 12.8 Å². The highest BCUT2D eigenvalue weighted by atomic mass is 16.5. The third-order valence-corrected chi connectivity index (χ3v) is 5.78. The first-order chi connectivity index (χ1) is 13.9. The molecule has 0 amide bonds. The van der Waals surface area contributed by atoms with Gasteiger partial charge < -0.3 is 4.74 Å². The molecule has 29 heavy (non-hydrogen) atoms. The number of carbonyl (C=O) groups is 2. The minimum Gasteiger partial charge on any atom is -0.464 e. The summed E-state index contributed by atoms with van der Waals surface area (Å²) in [4.78, 5) is 25.1. The van der Waals surface area contributed by atoms with E-state index in [-0.39, 0.29) is 11.5 Å². The summed E-state index contributed by atoms with van der Waals surface area (Å²) in [6.45, 7) is 5.83. The second-order valence-electron chi connectivity index (χ2n) is 7.34. The molecule has 150 valence electrons. The van der Waals surface area contributed by atoms with Gasteiger partial charge in [0.25, 0.3) is 0 Å². The predicted octanol–water partition coefficient (Wildman–Crippen LogP) is 4.46. The molecule has 2 aromatic carbocycles. The number of hydrogen-bond acceptors (Lipinski definition) is 5. The number of benzene rings is 2. The van der Waals surface area contributed by atoms with E-state index >= 15 is 0 Å². The quantitative estimate of drug-likeness (QED) is 0.367. The van der Waals surface area contributed by atoms with E-state index in [2.05, 4.69) is 10.5 Å². The number of rotatable bonds is 7. The lowest BCUT2D eigenvalue weighted by molar-refractivity contribution is -0.137. The van der Waals surface area contributed by atoms with Gasteiger partial charge in [-0.3, -0.25) is 10.2 Å². The van der Waals surface area contributed by atoms with Crippen molar-refractivity contribution in [2.24, 2.45) is 10.5 Å². The standard InChI is InChI=1S/C24H26N2O3/c1-5-24(3,6-2)21(27)15-20(23(28)29-4)25-26-22-18-13-9-7-11-16(18)17-12-8-10-14-19(17)22/h7-15,25H,5-6H2,1-4H3. The summed E-state index contributed by atoms with van der Waals surface area (Å²) in [5.41, 5.74) is 7.16. The van der Waals surface area contributed by atoms with Crippen molar-refractivity contribution in [3.8, 4) is 11.1 Å². The van der Waals surface area contributed by atoms with E-state index in [9.17, 15) is 9.59 Å². The first kappa shape index (κ1) is 20.5. The monoisotopic (exact) mass is 390 g/mol. The van der Waals surface area contributed by atoms with E-state index in [1.165, 1.54) is 13.2 Å². The molecule has 0 aromatic heterocycles. The normalized spacial score (nSPS) is 12.8. The van der Waals surface area contributed by atoms with Crippen LogP contribution in [-0.4, -0.2) is 24.6 Å². The summed E-state index contributed by atoms with van der Waals surface area (Å²) in [5, 5.41) is 4.51. The average Bonchev–Trinajstić information content (AvgIpc) is 3.09. The zero-order valence-corrected chi connectivity index (χ0v) is 17.3. The highest BCUT2D eigenvalue weighted by molar-refractivity contribution is 6.24. The van der Waals surface area contributed by atoms with Gasteiger partial charge in [-0.15, -0.1) is 0 Å². The van der Waals surface area contributed by atoms with Crippen molar-refractivity contribution in [2.75, 3.05) is 7.11 Å². The van der Waals surface area contributed by atoms with Crippen molar-refractivity contribution in [3.05, 3.63) is 71.4 Å². The summed E-state index contributed by atoms with van der Waals surface area (Å²) in [6, 6.07) is 16.0. The van der Waals surface area contributed by atoms with Gasteiger partial charge in [0.2, 0.25) is 0 Å². The Morgan fingerprint density at radius 1 is 0.966 bits per heavy atom. The maximum absolute atomic E-state index is 12.8. The van der Waals surface area contributed by atoms with E-state index in [4.69, 9.17) is 4.74 Å². The molecule has 3 rings (SSSR count). The van der Waals surface area contributed by atoms with Crippen LogP contribution in [-0.2, 0) is 14.3 Å². The molecule has 0 bridgehead atoms. The number of nitrogens with zero attached hydrogens (tertiary/aromatic N) is 1. The highest BCUT2D eigenvalue weighted by Crippen LogP contribution is 2.36. The third-order valence-electron chi connectivity index (χ3n) is 5.78. The second-order valence-corrected chi connectivity index (χ2v) is 7.34. The summed E-state index contributed by atoms with van der Waals surface area (Å²) in [5.74, 6) is -0.750. The first-order valence-electron chi connectivity index (χ1n) is 9.82. The number of ether oxygens (including phenoxy) is 1. The Morgan fingerprint density at radius 3 is 1.90 bits per heavy atom. The van der Waals surface area contributed by atoms with Gasteiger partial charge >= 0.3 is 5.97 Å². The average molecular weight is 390 g/mol. The SMILES string of the molecule is CCC(C)(CC)C(=O)C=C(NN=C1c2ccccc2-c2ccccc21)C(=O)OC. The van der Waals surface area contributed by atoms with Crippen molar-refractivity contribution in [2.45, 2.75) is 33.6 Å². The molecule has 0 spiro atoms. The first-order valence-corrected chi connectivity index (χ1v) is 9.82. The molecule has 0 radical (unpaired) electrons. The van der Waals surface area contributed by atoms with E-state index in [0.29, 0.717) is 12.8 Å². The molecule has 2 aromatic rings. The van der Waals surface area contributed by atoms with E-state index in [1.54, 1.807) is 0 Å². The number of nitrogens with one attached hydrogen (secondary N) is 1. The summed E-state index contributed by atoms with van der Waals surface area (Å²) < 4.78 is 4.86. The fourth-order valence-electron chi connectivity index (χ4n) is 3.38. The zero-order valence-electron chi connectivity index (χ0n) is 17.3. The lowest BCUT2D eigenvalue weighted by Gasteiger charge is -2.23. The molecule has 0 fully saturated rings. The zero-order chi connectivity index (χ0) is 21.0.